The number of hydrogen-bond donors (Lipinski definition) is 1. The van der Waals surface area contributed by atoms with Gasteiger partial charge >= 0.3 is 0 Å². The summed E-state index contributed by atoms with van der Waals surface area (Å²) in [7, 11) is 0. The quantitative estimate of drug-likeness (QED) is 0.797. The molecule has 0 saturated heterocycles. The van der Waals surface area contributed by atoms with Crippen LogP contribution in [0.1, 0.15) is 56.3 Å². The molecule has 0 radical (unpaired) electrons. The van der Waals surface area contributed by atoms with E-state index in [0.29, 0.717) is 35.3 Å². The standard InChI is InChI=1S/C17H24ClNO3/c1-3-4-5-7-12(2)19-17(20)13-10-14(18)16-15(11-13)21-8-6-9-22-16/h10-12H,3-9H2,1-2H3,(H,19,20). The molecule has 0 fully saturated rings. The van der Waals surface area contributed by atoms with E-state index in [1.165, 1.54) is 12.8 Å². The predicted octanol–water partition coefficient (Wildman–Crippen LogP) is 4.20. The van der Waals surface area contributed by atoms with Crippen molar-refractivity contribution in [3.05, 3.63) is 22.7 Å². The van der Waals surface area contributed by atoms with Crippen molar-refractivity contribution in [2.24, 2.45) is 0 Å². The van der Waals surface area contributed by atoms with Crippen molar-refractivity contribution < 1.29 is 14.3 Å². The maximum atomic E-state index is 12.3. The van der Waals surface area contributed by atoms with Gasteiger partial charge in [0.15, 0.2) is 11.5 Å². The molecule has 0 bridgehead atoms. The maximum Gasteiger partial charge on any atom is 0.251 e. The third-order valence-electron chi connectivity index (χ3n) is 3.68. The van der Waals surface area contributed by atoms with Crippen molar-refractivity contribution >= 4 is 17.5 Å². The average molecular weight is 326 g/mol. The summed E-state index contributed by atoms with van der Waals surface area (Å²) in [6.07, 6.45) is 5.28. The van der Waals surface area contributed by atoms with E-state index in [0.717, 1.165) is 19.3 Å². The van der Waals surface area contributed by atoms with E-state index in [-0.39, 0.29) is 11.9 Å². The van der Waals surface area contributed by atoms with Crippen molar-refractivity contribution in [3.63, 3.8) is 0 Å². The third-order valence-corrected chi connectivity index (χ3v) is 3.96. The number of ether oxygens (including phenoxy) is 2. The topological polar surface area (TPSA) is 47.6 Å². The molecule has 4 nitrogen and oxygen atoms in total. The monoisotopic (exact) mass is 325 g/mol. The number of rotatable bonds is 6. The summed E-state index contributed by atoms with van der Waals surface area (Å²) in [6.45, 7) is 5.34. The lowest BCUT2D eigenvalue weighted by molar-refractivity contribution is 0.0937. The van der Waals surface area contributed by atoms with Gasteiger partial charge in [-0.05, 0) is 25.5 Å². The van der Waals surface area contributed by atoms with Crippen LogP contribution in [0.4, 0.5) is 0 Å². The number of halogens is 1. The van der Waals surface area contributed by atoms with Gasteiger partial charge in [-0.25, -0.2) is 0 Å². The second-order valence-electron chi connectivity index (χ2n) is 5.71. The first kappa shape index (κ1) is 16.9. The summed E-state index contributed by atoms with van der Waals surface area (Å²) in [5.74, 6) is 0.960. The molecule has 22 heavy (non-hydrogen) atoms. The molecule has 1 N–H and O–H groups in total. The number of benzene rings is 1. The fraction of sp³-hybridized carbons (Fsp3) is 0.588. The molecular weight excluding hydrogens is 302 g/mol. The fourth-order valence-corrected chi connectivity index (χ4v) is 2.71. The molecule has 0 spiro atoms. The van der Waals surface area contributed by atoms with Crippen molar-refractivity contribution in [1.82, 2.24) is 5.32 Å². The Labute approximate surface area is 137 Å². The number of fused-ring (bicyclic) bond motifs is 1. The summed E-state index contributed by atoms with van der Waals surface area (Å²) in [6, 6.07) is 3.50. The highest BCUT2D eigenvalue weighted by Gasteiger charge is 2.19. The lowest BCUT2D eigenvalue weighted by Crippen LogP contribution is -2.32. The smallest absolute Gasteiger partial charge is 0.251 e. The Hall–Kier alpha value is -1.42. The summed E-state index contributed by atoms with van der Waals surface area (Å²) >= 11 is 6.22. The normalized spacial score (nSPS) is 15.0. The van der Waals surface area contributed by atoms with Gasteiger partial charge < -0.3 is 14.8 Å². The SMILES string of the molecule is CCCCCC(C)NC(=O)c1cc(Cl)c2c(c1)OCCCO2. The molecule has 122 valence electrons. The predicted molar refractivity (Wildman–Crippen MR) is 88.1 cm³/mol. The zero-order valence-corrected chi connectivity index (χ0v) is 14.0. The zero-order valence-electron chi connectivity index (χ0n) is 13.3. The molecule has 0 saturated carbocycles. The van der Waals surface area contributed by atoms with Crippen LogP contribution in [0.5, 0.6) is 11.5 Å². The van der Waals surface area contributed by atoms with E-state index in [9.17, 15) is 4.79 Å². The number of carbonyl (C=O) groups is 1. The largest absolute Gasteiger partial charge is 0.489 e. The van der Waals surface area contributed by atoms with Crippen LogP contribution >= 0.6 is 11.6 Å². The average Bonchev–Trinajstić information content (AvgIpc) is 2.73. The minimum atomic E-state index is -0.124. The van der Waals surface area contributed by atoms with E-state index >= 15 is 0 Å². The van der Waals surface area contributed by atoms with E-state index < -0.39 is 0 Å². The third kappa shape index (κ3) is 4.54. The maximum absolute atomic E-state index is 12.3. The van der Waals surface area contributed by atoms with Crippen molar-refractivity contribution in [1.29, 1.82) is 0 Å². The molecule has 1 aromatic rings. The van der Waals surface area contributed by atoms with Gasteiger partial charge in [-0.1, -0.05) is 37.8 Å². The first-order valence-corrected chi connectivity index (χ1v) is 8.39. The van der Waals surface area contributed by atoms with E-state index in [4.69, 9.17) is 21.1 Å². The molecule has 1 heterocycles. The Kier molecular flexibility index (Phi) is 6.37. The molecule has 1 aliphatic heterocycles. The molecule has 0 aromatic heterocycles. The minimum absolute atomic E-state index is 0.124. The number of unbranched alkanes of at least 4 members (excludes halogenated alkanes) is 2. The highest BCUT2D eigenvalue weighted by atomic mass is 35.5. The van der Waals surface area contributed by atoms with E-state index in [1.807, 2.05) is 6.92 Å². The number of carbonyl (C=O) groups excluding carboxylic acids is 1. The van der Waals surface area contributed by atoms with Gasteiger partial charge in [0.1, 0.15) is 0 Å². The molecular formula is C17H24ClNO3. The van der Waals surface area contributed by atoms with Gasteiger partial charge in [-0.3, -0.25) is 4.79 Å². The van der Waals surface area contributed by atoms with Crippen LogP contribution < -0.4 is 14.8 Å². The van der Waals surface area contributed by atoms with Crippen molar-refractivity contribution in [2.75, 3.05) is 13.2 Å². The fourth-order valence-electron chi connectivity index (χ4n) is 2.44. The van der Waals surface area contributed by atoms with Gasteiger partial charge in [0.25, 0.3) is 5.91 Å². The van der Waals surface area contributed by atoms with E-state index in [1.54, 1.807) is 12.1 Å². The van der Waals surface area contributed by atoms with Crippen LogP contribution in [0, 0.1) is 0 Å². The van der Waals surface area contributed by atoms with Crippen LogP contribution in [0.2, 0.25) is 5.02 Å². The zero-order chi connectivity index (χ0) is 15.9. The Morgan fingerprint density at radius 1 is 1.32 bits per heavy atom. The van der Waals surface area contributed by atoms with Gasteiger partial charge in [0.05, 0.1) is 18.2 Å². The number of nitrogens with one attached hydrogen (secondary N) is 1. The van der Waals surface area contributed by atoms with Crippen LogP contribution in [0.25, 0.3) is 0 Å². The van der Waals surface area contributed by atoms with Gasteiger partial charge in [-0.2, -0.15) is 0 Å². The molecule has 1 atom stereocenters. The Balaban J connectivity index is 2.03. The van der Waals surface area contributed by atoms with Crippen molar-refractivity contribution in [3.8, 4) is 11.5 Å². The molecule has 2 rings (SSSR count). The number of amides is 1. The van der Waals surface area contributed by atoms with Crippen LogP contribution in [-0.4, -0.2) is 25.2 Å². The molecule has 1 aliphatic rings. The molecule has 1 unspecified atom stereocenters. The molecule has 1 amide bonds. The van der Waals surface area contributed by atoms with Gasteiger partial charge in [-0.15, -0.1) is 0 Å². The minimum Gasteiger partial charge on any atom is -0.489 e. The summed E-state index contributed by atoms with van der Waals surface area (Å²) in [4.78, 5) is 12.3. The van der Waals surface area contributed by atoms with E-state index in [2.05, 4.69) is 12.2 Å². The van der Waals surface area contributed by atoms with Crippen LogP contribution in [0.3, 0.4) is 0 Å². The Morgan fingerprint density at radius 3 is 2.86 bits per heavy atom. The molecule has 1 aromatic carbocycles. The first-order chi connectivity index (χ1) is 10.6. The molecule has 0 aliphatic carbocycles. The van der Waals surface area contributed by atoms with Gasteiger partial charge in [0.2, 0.25) is 0 Å². The van der Waals surface area contributed by atoms with Crippen LogP contribution in [-0.2, 0) is 0 Å². The van der Waals surface area contributed by atoms with Gasteiger partial charge in [0, 0.05) is 18.0 Å². The van der Waals surface area contributed by atoms with Crippen molar-refractivity contribution in [2.45, 2.75) is 52.0 Å². The summed E-state index contributed by atoms with van der Waals surface area (Å²) in [5, 5.41) is 3.43. The van der Waals surface area contributed by atoms with Crippen LogP contribution in [0.15, 0.2) is 12.1 Å². The lowest BCUT2D eigenvalue weighted by atomic mass is 10.1. The first-order valence-electron chi connectivity index (χ1n) is 8.01. The summed E-state index contributed by atoms with van der Waals surface area (Å²) in [5.41, 5.74) is 0.511. The Morgan fingerprint density at radius 2 is 2.09 bits per heavy atom. The number of hydrogen-bond acceptors (Lipinski definition) is 3. The Bertz CT molecular complexity index is 519. The highest BCUT2D eigenvalue weighted by Crippen LogP contribution is 2.37. The lowest BCUT2D eigenvalue weighted by Gasteiger charge is -2.15. The second kappa shape index (κ2) is 8.28. The second-order valence-corrected chi connectivity index (χ2v) is 6.11. The summed E-state index contributed by atoms with van der Waals surface area (Å²) < 4.78 is 11.2. The highest BCUT2D eigenvalue weighted by molar-refractivity contribution is 6.32. The molecule has 5 heteroatoms.